The van der Waals surface area contributed by atoms with Crippen molar-refractivity contribution in [2.75, 3.05) is 34.9 Å². The van der Waals surface area contributed by atoms with Crippen molar-refractivity contribution < 1.29 is 86.9 Å². The van der Waals surface area contributed by atoms with Crippen LogP contribution in [0, 0.1) is 0 Å². The number of carbonyl (C=O) groups excluding carboxylic acids is 8. The normalized spacial score (nSPS) is 23.9. The van der Waals surface area contributed by atoms with E-state index in [4.69, 9.17) is 53.9 Å². The highest BCUT2D eigenvalue weighted by molar-refractivity contribution is 7.14. The minimum Gasteiger partial charge on any atom is -0.506 e. The molecule has 37 heteroatoms. The maximum atomic E-state index is 15.3. The Kier molecular flexibility index (Phi) is 19.6. The predicted molar refractivity (Wildman–Crippen MR) is 355 cm³/mol. The Balaban J connectivity index is 1.05. The second kappa shape index (κ2) is 28.0. The number of likely N-dealkylation sites (N-methyl/N-ethyl adjacent to an activating group) is 1. The summed E-state index contributed by atoms with van der Waals surface area (Å²) < 4.78 is 39.2. The molecule has 11 heterocycles. The predicted octanol–water partition coefficient (Wildman–Crippen LogP) is 3.71. The number of nitrogens with zero attached hydrogens (tertiary/aromatic N) is 8. The fourth-order valence-corrected chi connectivity index (χ4v) is 16.1. The van der Waals surface area contributed by atoms with Crippen LogP contribution >= 0.6 is 56.7 Å². The third-order valence-corrected chi connectivity index (χ3v) is 21.0. The van der Waals surface area contributed by atoms with Crippen molar-refractivity contribution in [3.63, 3.8) is 0 Å². The molecule has 32 nitrogen and oxygen atoms in total. The van der Waals surface area contributed by atoms with E-state index in [1.54, 1.807) is 56.4 Å². The van der Waals surface area contributed by atoms with Gasteiger partial charge in [-0.25, -0.2) is 39.5 Å². The van der Waals surface area contributed by atoms with Gasteiger partial charge >= 0.3 is 11.9 Å². The molecule has 6 amide bonds. The van der Waals surface area contributed by atoms with Crippen LogP contribution in [-0.2, 0) is 56.0 Å². The molecule has 7 aromatic heterocycles. The topological polar surface area (TPSA) is 434 Å². The number of aliphatic hydroxyl groups is 2. The zero-order valence-electron chi connectivity index (χ0n) is 53.6. The van der Waals surface area contributed by atoms with E-state index in [0.29, 0.717) is 16.5 Å². The third-order valence-electron chi connectivity index (χ3n) is 16.5. The zero-order valence-corrected chi connectivity index (χ0v) is 57.7. The number of nitrogens with two attached hydrogens (primary N) is 1. The van der Waals surface area contributed by atoms with E-state index >= 15 is 19.2 Å². The minimum absolute atomic E-state index is 0.00134. The largest absolute Gasteiger partial charge is 0.506 e. The van der Waals surface area contributed by atoms with Gasteiger partial charge in [0.05, 0.1) is 48.8 Å². The molecule has 12 bridgehead atoms. The van der Waals surface area contributed by atoms with Gasteiger partial charge in [0.15, 0.2) is 18.1 Å². The molecular weight excluding hydrogens is 1390 g/mol. The van der Waals surface area contributed by atoms with Crippen molar-refractivity contribution in [1.29, 1.82) is 0 Å². The van der Waals surface area contributed by atoms with Crippen molar-refractivity contribution in [3.8, 4) is 38.4 Å². The van der Waals surface area contributed by atoms with Crippen LogP contribution in [0.5, 0.6) is 5.75 Å². The van der Waals surface area contributed by atoms with Crippen LogP contribution in [0.4, 0.5) is 0 Å². The fraction of sp³-hybridized carbons (Fsp3) is 0.355. The molecule has 12 rings (SSSR count). The van der Waals surface area contributed by atoms with E-state index in [9.17, 15) is 34.5 Å². The molecule has 4 aliphatic rings. The van der Waals surface area contributed by atoms with Crippen LogP contribution in [0.25, 0.3) is 49.3 Å². The number of esters is 2. The molecule has 1 unspecified atom stereocenters. The summed E-state index contributed by atoms with van der Waals surface area (Å²) in [6.45, 7) is 7.94. The lowest BCUT2D eigenvalue weighted by Crippen LogP contribution is -2.62. The Morgan fingerprint density at radius 2 is 1.52 bits per heavy atom. The third kappa shape index (κ3) is 13.7. The first-order valence-electron chi connectivity index (χ1n) is 30.1. The number of primary amides is 1. The number of carbonyl (C=O) groups is 8. The molecular formula is C62H62N14O18S5. The molecule has 0 radical (unpaired) electrons. The van der Waals surface area contributed by atoms with Crippen molar-refractivity contribution >= 4 is 121 Å². The fourth-order valence-electron chi connectivity index (χ4n) is 11.9. The molecule has 10 atom stereocenters. The number of methoxy groups -OCH3 is 1. The van der Waals surface area contributed by atoms with Crippen LogP contribution in [0.3, 0.4) is 0 Å². The number of rotatable bonds is 10. The second-order valence-corrected chi connectivity index (χ2v) is 27.8. The number of ether oxygens (including phenoxy) is 6. The van der Waals surface area contributed by atoms with Crippen LogP contribution < -0.4 is 37.2 Å². The van der Waals surface area contributed by atoms with Crippen molar-refractivity contribution in [1.82, 2.24) is 66.1 Å². The van der Waals surface area contributed by atoms with Gasteiger partial charge < -0.3 is 85.8 Å². The number of amides is 6. The van der Waals surface area contributed by atoms with E-state index in [1.807, 2.05) is 0 Å². The highest BCUT2D eigenvalue weighted by Gasteiger charge is 2.50. The van der Waals surface area contributed by atoms with Crippen LogP contribution in [-0.4, -0.2) is 186 Å². The van der Waals surface area contributed by atoms with Crippen molar-refractivity contribution in [3.05, 3.63) is 124 Å². The molecule has 0 spiro atoms. The summed E-state index contributed by atoms with van der Waals surface area (Å²) in [7, 11) is 6.18. The summed E-state index contributed by atoms with van der Waals surface area (Å²) in [6.07, 6.45) is -7.43. The Morgan fingerprint density at radius 3 is 2.22 bits per heavy atom. The van der Waals surface area contributed by atoms with Crippen molar-refractivity contribution in [2.45, 2.75) is 108 Å². The first kappa shape index (κ1) is 69.4. The second-order valence-electron chi connectivity index (χ2n) is 23.5. The number of allylic oxidation sites excluding steroid dienone is 1. The van der Waals surface area contributed by atoms with Crippen LogP contribution in [0.15, 0.2) is 69.2 Å². The average molecular weight is 1450 g/mol. The monoisotopic (exact) mass is 1450 g/mol. The van der Waals surface area contributed by atoms with E-state index < -0.39 is 139 Å². The van der Waals surface area contributed by atoms with Crippen LogP contribution in [0.2, 0.25) is 0 Å². The number of thiazole rings is 5. The number of aromatic nitrogens is 7. The zero-order chi connectivity index (χ0) is 70.6. The summed E-state index contributed by atoms with van der Waals surface area (Å²) in [5.41, 5.74) is 2.91. The molecule has 10 N–H and O–H groups in total. The van der Waals surface area contributed by atoms with Crippen LogP contribution in [0.1, 0.15) is 125 Å². The summed E-state index contributed by atoms with van der Waals surface area (Å²) >= 11 is 4.55. The molecule has 1 saturated heterocycles. The highest BCUT2D eigenvalue weighted by Crippen LogP contribution is 2.43. The maximum Gasteiger partial charge on any atom is 0.358 e. The molecule has 8 aromatic rings. The molecule has 99 heavy (non-hydrogen) atoms. The number of aromatic hydroxyl groups is 1. The molecule has 1 fully saturated rings. The number of nitrogens with one attached hydrogen (secondary N) is 5. The molecule has 0 aliphatic carbocycles. The summed E-state index contributed by atoms with van der Waals surface area (Å²) in [6, 6.07) is 1.06. The first-order chi connectivity index (χ1) is 47.2. The van der Waals surface area contributed by atoms with E-state index in [-0.39, 0.29) is 99.6 Å². The number of cyclic esters (lactones) is 2. The number of fused-ring (bicyclic) bond motifs is 15. The van der Waals surface area contributed by atoms with E-state index in [1.165, 1.54) is 60.4 Å². The Bertz CT molecular complexity index is 4620. The average Bonchev–Trinajstić information content (AvgIpc) is 1.68. The van der Waals surface area contributed by atoms with Gasteiger partial charge in [-0.15, -0.1) is 56.7 Å². The van der Waals surface area contributed by atoms with Crippen molar-refractivity contribution in [2.24, 2.45) is 5.73 Å². The summed E-state index contributed by atoms with van der Waals surface area (Å²) in [5, 5.41) is 55.7. The Hall–Kier alpha value is -9.54. The van der Waals surface area contributed by atoms with Gasteiger partial charge in [-0.1, -0.05) is 18.7 Å². The quantitative estimate of drug-likeness (QED) is 0.0535. The highest BCUT2D eigenvalue weighted by atomic mass is 32.1. The summed E-state index contributed by atoms with van der Waals surface area (Å²) in [4.78, 5) is 150. The molecule has 4 aliphatic heterocycles. The van der Waals surface area contributed by atoms with Gasteiger partial charge in [0.2, 0.25) is 5.91 Å². The van der Waals surface area contributed by atoms with E-state index in [0.717, 1.165) is 56.7 Å². The Labute approximate surface area is 581 Å². The number of hydrogen-bond acceptors (Lipinski definition) is 30. The van der Waals surface area contributed by atoms with Gasteiger partial charge in [0.1, 0.15) is 127 Å². The number of aliphatic hydroxyl groups excluding tert-OH is 1. The lowest BCUT2D eigenvalue weighted by atomic mass is 9.85. The standard InChI is InChI=1S/C62H62N14O18S5/c1-23(49(63)79)64-50(80)32-20-98-58(69-32)43-37(78)13-28-42(71-43)31-18-96-56(66-31)30-17-92-60(85)45-29-16-90-46(47(94-38-14-62(5,87)48(75(6)7)26(4)93-38)61(86)91-15-27-11-10-12-36(39(27)29)76(45)89-9)44(59-70-33(21-99-59)51(81)65-30)74-53(83)35-22-97-57(68-35)41(25(3)88-8)73-54(84)40(24(2)77)72-52(82)34-19-95-55(28)67-34/h10-13,18-22,24,26,30,38,40,44,46-48,77-78,87H,1,14-17H2,2-9H3,(H2,63,79)(H,64,80)(H,65,81)(H,72,82)(H,73,84)(H,74,83)/b41-25+/t24-,26+,30+,38+,40+,44+,46+,47+,48?,62+/m1/s1. The number of benzene rings is 1. The van der Waals surface area contributed by atoms with Gasteiger partial charge in [-0.3, -0.25) is 28.8 Å². The lowest BCUT2D eigenvalue weighted by molar-refractivity contribution is -0.280. The SMILES string of the molecule is C=C(NC(=O)c1csc(-c2nc3c(cc2O)-c2nc(cs2)C(=O)N[C@@H]([C@@H](C)O)C(=O)N/C(=C(\C)OC)c2nc(cs2)C(=O)N[C@@H]2c4nc(cs4)C(=O)N[C@@H](COC(=O)c4c5c6c(cccc6n4OC)COC(=O)[C@@H](O[C@H]4C[C@](C)(O)C(N(C)C)[C@H](C)O4)[C@H]2OC5)c2nc-3cs2)n1)C(N)=O. The lowest BCUT2D eigenvalue weighted by Gasteiger charge is -2.48. The molecule has 1 aromatic carbocycles. The minimum atomic E-state index is -1.89. The van der Waals surface area contributed by atoms with E-state index in [2.05, 4.69) is 48.1 Å². The summed E-state index contributed by atoms with van der Waals surface area (Å²) in [5.74, 6) is -8.00. The number of pyridine rings is 1. The molecule has 0 saturated carbocycles. The van der Waals surface area contributed by atoms with Gasteiger partial charge in [-0.05, 0) is 59.5 Å². The Morgan fingerprint density at radius 1 is 0.848 bits per heavy atom. The maximum absolute atomic E-state index is 15.3. The number of hydrogen-bond donors (Lipinski definition) is 9. The smallest absolute Gasteiger partial charge is 0.358 e. The molecule has 518 valence electrons. The first-order valence-corrected chi connectivity index (χ1v) is 34.5. The van der Waals surface area contributed by atoms with Gasteiger partial charge in [0, 0.05) is 49.8 Å². The van der Waals surface area contributed by atoms with Gasteiger partial charge in [-0.2, -0.15) is 4.73 Å². The van der Waals surface area contributed by atoms with Gasteiger partial charge in [0.25, 0.3) is 29.5 Å².